The second kappa shape index (κ2) is 7.62. The van der Waals surface area contributed by atoms with Crippen molar-refractivity contribution in [1.82, 2.24) is 0 Å². The molecule has 96 valence electrons. The van der Waals surface area contributed by atoms with Crippen LogP contribution in [0.1, 0.15) is 31.9 Å². The van der Waals surface area contributed by atoms with Crippen LogP contribution in [0.3, 0.4) is 0 Å². The lowest BCUT2D eigenvalue weighted by molar-refractivity contribution is 0.203. The van der Waals surface area contributed by atoms with Gasteiger partial charge in [0.25, 0.3) is 0 Å². The van der Waals surface area contributed by atoms with E-state index in [9.17, 15) is 5.11 Å². The second-order valence-electron chi connectivity index (χ2n) is 4.55. The van der Waals surface area contributed by atoms with Crippen molar-refractivity contribution in [3.8, 4) is 5.75 Å². The molecule has 0 saturated carbocycles. The Labute approximate surface area is 108 Å². The van der Waals surface area contributed by atoms with Gasteiger partial charge in [-0.15, -0.1) is 0 Å². The fourth-order valence-corrected chi connectivity index (χ4v) is 2.68. The van der Waals surface area contributed by atoms with Gasteiger partial charge in [-0.2, -0.15) is 11.8 Å². The van der Waals surface area contributed by atoms with Crippen molar-refractivity contribution in [3.63, 3.8) is 0 Å². The van der Waals surface area contributed by atoms with Crippen LogP contribution in [0.15, 0.2) is 24.3 Å². The smallest absolute Gasteiger partial charge is 0.119 e. The van der Waals surface area contributed by atoms with Gasteiger partial charge in [0.05, 0.1) is 13.2 Å². The highest BCUT2D eigenvalue weighted by molar-refractivity contribution is 7.99. The van der Waals surface area contributed by atoms with Crippen LogP contribution in [0.25, 0.3) is 0 Å². The predicted molar refractivity (Wildman–Crippen MR) is 74.7 cm³/mol. The third-order valence-electron chi connectivity index (χ3n) is 2.59. The van der Waals surface area contributed by atoms with Crippen molar-refractivity contribution in [2.24, 2.45) is 5.92 Å². The quantitative estimate of drug-likeness (QED) is 0.755. The molecule has 0 radical (unpaired) electrons. The number of thioether (sulfide) groups is 1. The molecule has 1 atom stereocenters. The summed E-state index contributed by atoms with van der Waals surface area (Å²) < 4.78 is 5.14. The zero-order valence-corrected chi connectivity index (χ0v) is 11.7. The number of aliphatic hydroxyl groups is 1. The topological polar surface area (TPSA) is 29.5 Å². The van der Waals surface area contributed by atoms with Crippen LogP contribution >= 0.6 is 11.8 Å². The minimum atomic E-state index is -0.401. The highest BCUT2D eigenvalue weighted by Gasteiger charge is 2.08. The average molecular weight is 254 g/mol. The SMILES string of the molecule is COc1cccc(C(O)CSCCC(C)C)c1. The van der Waals surface area contributed by atoms with Gasteiger partial charge in [-0.3, -0.25) is 0 Å². The summed E-state index contributed by atoms with van der Waals surface area (Å²) in [4.78, 5) is 0. The number of methoxy groups -OCH3 is 1. The first-order chi connectivity index (χ1) is 8.13. The van der Waals surface area contributed by atoms with E-state index < -0.39 is 6.10 Å². The molecule has 1 aromatic rings. The van der Waals surface area contributed by atoms with Crippen molar-refractivity contribution >= 4 is 11.8 Å². The molecule has 0 aliphatic carbocycles. The standard InChI is InChI=1S/C14H22O2S/c1-11(2)7-8-17-10-14(15)12-5-4-6-13(9-12)16-3/h4-6,9,11,14-15H,7-8,10H2,1-3H3. The summed E-state index contributed by atoms with van der Waals surface area (Å²) in [7, 11) is 1.64. The zero-order chi connectivity index (χ0) is 12.7. The lowest BCUT2D eigenvalue weighted by atomic mass is 10.1. The summed E-state index contributed by atoms with van der Waals surface area (Å²) in [6.45, 7) is 4.44. The monoisotopic (exact) mass is 254 g/mol. The van der Waals surface area contributed by atoms with E-state index in [1.807, 2.05) is 36.0 Å². The maximum atomic E-state index is 10.0. The van der Waals surface area contributed by atoms with E-state index in [-0.39, 0.29) is 0 Å². The first kappa shape index (κ1) is 14.4. The Hall–Kier alpha value is -0.670. The molecule has 0 saturated heterocycles. The van der Waals surface area contributed by atoms with E-state index in [0.29, 0.717) is 0 Å². The molecular weight excluding hydrogens is 232 g/mol. The van der Waals surface area contributed by atoms with Crippen LogP contribution in [0.5, 0.6) is 5.75 Å². The van der Waals surface area contributed by atoms with Crippen molar-refractivity contribution < 1.29 is 9.84 Å². The minimum Gasteiger partial charge on any atom is -0.497 e. The van der Waals surface area contributed by atoms with Gasteiger partial charge < -0.3 is 9.84 Å². The van der Waals surface area contributed by atoms with Crippen molar-refractivity contribution in [1.29, 1.82) is 0 Å². The molecule has 0 spiro atoms. The summed E-state index contributed by atoms with van der Waals surface area (Å²) in [6.07, 6.45) is 0.803. The van der Waals surface area contributed by atoms with Crippen LogP contribution in [0.2, 0.25) is 0 Å². The van der Waals surface area contributed by atoms with Crippen molar-refractivity contribution in [3.05, 3.63) is 29.8 Å². The molecule has 0 fully saturated rings. The number of aliphatic hydroxyl groups excluding tert-OH is 1. The predicted octanol–water partition coefficient (Wildman–Crippen LogP) is 3.51. The molecule has 1 aromatic carbocycles. The maximum Gasteiger partial charge on any atom is 0.119 e. The van der Waals surface area contributed by atoms with E-state index in [1.54, 1.807) is 7.11 Å². The van der Waals surface area contributed by atoms with E-state index in [1.165, 1.54) is 6.42 Å². The van der Waals surface area contributed by atoms with Gasteiger partial charge >= 0.3 is 0 Å². The summed E-state index contributed by atoms with van der Waals surface area (Å²) in [5.74, 6) is 3.39. The average Bonchev–Trinajstić information content (AvgIpc) is 2.34. The lowest BCUT2D eigenvalue weighted by Gasteiger charge is -2.12. The summed E-state index contributed by atoms with van der Waals surface area (Å²) in [5, 5.41) is 10.0. The largest absolute Gasteiger partial charge is 0.497 e. The van der Waals surface area contributed by atoms with Crippen LogP contribution in [0, 0.1) is 5.92 Å². The number of ether oxygens (including phenoxy) is 1. The van der Waals surface area contributed by atoms with E-state index in [0.717, 1.165) is 28.7 Å². The Morgan fingerprint density at radius 3 is 2.76 bits per heavy atom. The molecule has 0 aliphatic heterocycles. The Kier molecular flexibility index (Phi) is 6.45. The molecule has 1 N–H and O–H groups in total. The summed E-state index contributed by atoms with van der Waals surface area (Å²) >= 11 is 1.81. The van der Waals surface area contributed by atoms with Crippen LogP contribution in [-0.2, 0) is 0 Å². The molecule has 17 heavy (non-hydrogen) atoms. The van der Waals surface area contributed by atoms with Crippen molar-refractivity contribution in [2.75, 3.05) is 18.6 Å². The van der Waals surface area contributed by atoms with Gasteiger partial charge in [-0.1, -0.05) is 26.0 Å². The van der Waals surface area contributed by atoms with E-state index in [2.05, 4.69) is 13.8 Å². The molecule has 3 heteroatoms. The highest BCUT2D eigenvalue weighted by atomic mass is 32.2. The fraction of sp³-hybridized carbons (Fsp3) is 0.571. The Morgan fingerprint density at radius 1 is 1.35 bits per heavy atom. The Morgan fingerprint density at radius 2 is 2.12 bits per heavy atom. The van der Waals surface area contributed by atoms with Gasteiger partial charge in [0.15, 0.2) is 0 Å². The van der Waals surface area contributed by atoms with Gasteiger partial charge in [0.1, 0.15) is 5.75 Å². The number of rotatable bonds is 7. The minimum absolute atomic E-state index is 0.401. The molecule has 0 amide bonds. The first-order valence-corrected chi connectivity index (χ1v) is 7.18. The third-order valence-corrected chi connectivity index (χ3v) is 3.67. The number of hydrogen-bond acceptors (Lipinski definition) is 3. The van der Waals surface area contributed by atoms with Gasteiger partial charge in [-0.05, 0) is 35.8 Å². The van der Waals surface area contributed by atoms with Crippen LogP contribution in [-0.4, -0.2) is 23.7 Å². The molecule has 0 bridgehead atoms. The highest BCUT2D eigenvalue weighted by Crippen LogP contribution is 2.22. The summed E-state index contributed by atoms with van der Waals surface area (Å²) in [5.41, 5.74) is 0.932. The molecule has 0 heterocycles. The fourth-order valence-electron chi connectivity index (χ4n) is 1.46. The molecule has 0 aromatic heterocycles. The maximum absolute atomic E-state index is 10.0. The second-order valence-corrected chi connectivity index (χ2v) is 5.70. The van der Waals surface area contributed by atoms with Crippen LogP contribution in [0.4, 0.5) is 0 Å². The van der Waals surface area contributed by atoms with E-state index >= 15 is 0 Å². The van der Waals surface area contributed by atoms with Gasteiger partial charge in [0.2, 0.25) is 0 Å². The summed E-state index contributed by atoms with van der Waals surface area (Å²) in [6, 6.07) is 7.64. The molecule has 1 rings (SSSR count). The first-order valence-electron chi connectivity index (χ1n) is 6.03. The molecular formula is C14H22O2S. The molecule has 2 nitrogen and oxygen atoms in total. The normalized spacial score (nSPS) is 12.8. The Bertz CT molecular complexity index is 326. The lowest BCUT2D eigenvalue weighted by Crippen LogP contribution is -2.02. The zero-order valence-electron chi connectivity index (χ0n) is 10.8. The Balaban J connectivity index is 2.38. The molecule has 0 aliphatic rings. The van der Waals surface area contributed by atoms with Crippen LogP contribution < -0.4 is 4.74 Å². The molecule has 1 unspecified atom stereocenters. The number of hydrogen-bond donors (Lipinski definition) is 1. The van der Waals surface area contributed by atoms with Gasteiger partial charge in [0, 0.05) is 5.75 Å². The van der Waals surface area contributed by atoms with Crippen molar-refractivity contribution in [2.45, 2.75) is 26.4 Å². The van der Waals surface area contributed by atoms with E-state index in [4.69, 9.17) is 4.74 Å². The number of benzene rings is 1. The van der Waals surface area contributed by atoms with Gasteiger partial charge in [-0.25, -0.2) is 0 Å². The third kappa shape index (κ3) is 5.46.